The lowest BCUT2D eigenvalue weighted by molar-refractivity contribution is -0.135. The van der Waals surface area contributed by atoms with Crippen LogP contribution in [0.3, 0.4) is 0 Å². The molecule has 0 aliphatic heterocycles. The first-order valence-corrected chi connectivity index (χ1v) is 13.9. The molecule has 2 nitrogen and oxygen atoms in total. The molecule has 0 amide bonds. The van der Waals surface area contributed by atoms with E-state index >= 15 is 0 Å². The molecule has 2 atom stereocenters. The van der Waals surface area contributed by atoms with Gasteiger partial charge < -0.3 is 4.43 Å². The van der Waals surface area contributed by atoms with Crippen molar-refractivity contribution in [3.63, 3.8) is 0 Å². The van der Waals surface area contributed by atoms with Crippen LogP contribution in [0.5, 0.6) is 0 Å². The molecule has 0 aliphatic carbocycles. The summed E-state index contributed by atoms with van der Waals surface area (Å²) in [5.41, 5.74) is 0. The van der Waals surface area contributed by atoms with E-state index in [1.807, 2.05) is 0 Å². The Morgan fingerprint density at radius 3 is 1.71 bits per heavy atom. The van der Waals surface area contributed by atoms with Gasteiger partial charge in [0.25, 0.3) is 5.97 Å². The molecule has 0 aromatic heterocycles. The molecule has 0 saturated carbocycles. The topological polar surface area (TPSA) is 26.3 Å². The van der Waals surface area contributed by atoms with Crippen LogP contribution < -0.4 is 0 Å². The van der Waals surface area contributed by atoms with Crippen molar-refractivity contribution in [3.8, 4) is 0 Å². The van der Waals surface area contributed by atoms with Gasteiger partial charge in [-0.15, -0.1) is 0 Å². The van der Waals surface area contributed by atoms with Crippen molar-refractivity contribution in [1.82, 2.24) is 0 Å². The molecule has 0 rings (SSSR count). The van der Waals surface area contributed by atoms with Gasteiger partial charge in [-0.2, -0.15) is 0 Å². The van der Waals surface area contributed by atoms with Crippen LogP contribution in [-0.4, -0.2) is 14.3 Å². The van der Waals surface area contributed by atoms with Gasteiger partial charge in [0.05, 0.1) is 0 Å². The van der Waals surface area contributed by atoms with Crippen LogP contribution in [0.15, 0.2) is 0 Å². The third-order valence-electron chi connectivity index (χ3n) is 4.85. The third kappa shape index (κ3) is 16.5. The molecule has 0 bridgehead atoms. The molecule has 0 heterocycles. The lowest BCUT2D eigenvalue weighted by Crippen LogP contribution is -2.29. The summed E-state index contributed by atoms with van der Waals surface area (Å²) in [6.07, 6.45) is 15.3. The maximum atomic E-state index is 11.7. The Kier molecular flexibility index (Phi) is 13.7. The number of rotatable bonds is 15. The van der Waals surface area contributed by atoms with Gasteiger partial charge in [-0.05, 0) is 37.9 Å². The molecule has 0 N–H and O–H groups in total. The van der Waals surface area contributed by atoms with Gasteiger partial charge in [0.1, 0.15) is 0 Å². The van der Waals surface area contributed by atoms with Crippen molar-refractivity contribution in [2.24, 2.45) is 11.8 Å². The molecule has 0 saturated heterocycles. The molecule has 0 spiro atoms. The fourth-order valence-electron chi connectivity index (χ4n) is 2.97. The first kappa shape index (κ1) is 23.7. The van der Waals surface area contributed by atoms with Crippen LogP contribution in [0.4, 0.5) is 0 Å². The van der Waals surface area contributed by atoms with Gasteiger partial charge in [0, 0.05) is 6.42 Å². The zero-order chi connectivity index (χ0) is 18.4. The highest BCUT2D eigenvalue weighted by molar-refractivity contribution is 6.71. The lowest BCUT2D eigenvalue weighted by atomic mass is 9.97. The monoisotopic (exact) mass is 356 g/mol. The van der Waals surface area contributed by atoms with Gasteiger partial charge in [-0.1, -0.05) is 85.0 Å². The van der Waals surface area contributed by atoms with E-state index in [1.54, 1.807) is 0 Å². The fourth-order valence-corrected chi connectivity index (χ4v) is 3.76. The Hall–Kier alpha value is -0.313. The van der Waals surface area contributed by atoms with Crippen LogP contribution in [0.2, 0.25) is 19.6 Å². The minimum absolute atomic E-state index is 0.0124. The predicted octanol–water partition coefficient (Wildman–Crippen LogP) is 7.34. The van der Waals surface area contributed by atoms with Crippen LogP contribution in [0, 0.1) is 11.8 Å². The second-order valence-corrected chi connectivity index (χ2v) is 13.2. The van der Waals surface area contributed by atoms with Gasteiger partial charge in [-0.25, -0.2) is 0 Å². The Morgan fingerprint density at radius 2 is 1.25 bits per heavy atom. The second-order valence-electron chi connectivity index (χ2n) is 8.80. The minimum Gasteiger partial charge on any atom is -0.520 e. The molecule has 0 aromatic rings. The van der Waals surface area contributed by atoms with E-state index < -0.39 is 8.32 Å². The Labute approximate surface area is 153 Å². The summed E-state index contributed by atoms with van der Waals surface area (Å²) in [4.78, 5) is 11.7. The number of carbonyl (C=O) groups is 1. The third-order valence-corrected chi connectivity index (χ3v) is 5.69. The SMILES string of the molecule is CCC(C)CCCCCCCCCC(C)CCC(=O)O[Si](C)(C)C. The Balaban J connectivity index is 3.40. The van der Waals surface area contributed by atoms with E-state index in [0.717, 1.165) is 12.3 Å². The van der Waals surface area contributed by atoms with E-state index in [4.69, 9.17) is 4.43 Å². The zero-order valence-corrected chi connectivity index (χ0v) is 18.5. The van der Waals surface area contributed by atoms with Crippen molar-refractivity contribution < 1.29 is 9.22 Å². The Bertz CT molecular complexity index is 309. The summed E-state index contributed by atoms with van der Waals surface area (Å²) in [6, 6.07) is 0. The van der Waals surface area contributed by atoms with Crippen LogP contribution in [-0.2, 0) is 9.22 Å². The molecule has 3 heteroatoms. The molecule has 2 unspecified atom stereocenters. The normalized spacial score (nSPS) is 14.4. The summed E-state index contributed by atoms with van der Waals surface area (Å²) in [5.74, 6) is 1.57. The largest absolute Gasteiger partial charge is 0.520 e. The van der Waals surface area contributed by atoms with E-state index in [2.05, 4.69) is 40.4 Å². The smallest absolute Gasteiger partial charge is 0.292 e. The van der Waals surface area contributed by atoms with E-state index in [-0.39, 0.29) is 5.97 Å². The highest BCUT2D eigenvalue weighted by atomic mass is 28.4. The molecule has 0 fully saturated rings. The Morgan fingerprint density at radius 1 is 0.792 bits per heavy atom. The molecule has 144 valence electrons. The molecular weight excluding hydrogens is 312 g/mol. The van der Waals surface area contributed by atoms with Gasteiger partial charge in [-0.3, -0.25) is 4.79 Å². The molecular formula is C21H44O2Si. The summed E-state index contributed by atoms with van der Waals surface area (Å²) in [5, 5.41) is 0. The van der Waals surface area contributed by atoms with Crippen LogP contribution >= 0.6 is 0 Å². The highest BCUT2D eigenvalue weighted by Crippen LogP contribution is 2.18. The molecule has 24 heavy (non-hydrogen) atoms. The van der Waals surface area contributed by atoms with Crippen molar-refractivity contribution in [1.29, 1.82) is 0 Å². The summed E-state index contributed by atoms with van der Waals surface area (Å²) < 4.78 is 5.50. The summed E-state index contributed by atoms with van der Waals surface area (Å²) >= 11 is 0. The molecule has 0 radical (unpaired) electrons. The van der Waals surface area contributed by atoms with Gasteiger partial charge in [0.15, 0.2) is 0 Å². The minimum atomic E-state index is -1.70. The number of hydrogen-bond donors (Lipinski definition) is 0. The standard InChI is InChI=1S/C21H44O2Si/c1-7-19(2)15-13-11-9-8-10-12-14-16-20(3)17-18-21(22)23-24(4,5)6/h19-20H,7-18H2,1-6H3. The van der Waals surface area contributed by atoms with Crippen molar-refractivity contribution in [3.05, 3.63) is 0 Å². The maximum absolute atomic E-state index is 11.7. The predicted molar refractivity (Wildman–Crippen MR) is 109 cm³/mol. The first-order valence-electron chi connectivity index (χ1n) is 10.5. The van der Waals surface area contributed by atoms with E-state index in [0.29, 0.717) is 12.3 Å². The molecule has 0 aliphatic rings. The zero-order valence-electron chi connectivity index (χ0n) is 17.5. The van der Waals surface area contributed by atoms with Crippen molar-refractivity contribution >= 4 is 14.3 Å². The quantitative estimate of drug-likeness (QED) is 0.227. The fraction of sp³-hybridized carbons (Fsp3) is 0.952. The lowest BCUT2D eigenvalue weighted by Gasteiger charge is -2.18. The first-order chi connectivity index (χ1) is 11.2. The highest BCUT2D eigenvalue weighted by Gasteiger charge is 2.19. The molecule has 0 aromatic carbocycles. The average molecular weight is 357 g/mol. The van der Waals surface area contributed by atoms with Gasteiger partial charge >= 0.3 is 0 Å². The van der Waals surface area contributed by atoms with E-state index in [9.17, 15) is 4.79 Å². The number of unbranched alkanes of at least 4 members (excludes halogenated alkanes) is 6. The van der Waals surface area contributed by atoms with E-state index in [1.165, 1.54) is 64.2 Å². The second kappa shape index (κ2) is 13.9. The summed E-state index contributed by atoms with van der Waals surface area (Å²) in [6.45, 7) is 13.1. The van der Waals surface area contributed by atoms with Crippen molar-refractivity contribution in [2.45, 2.75) is 117 Å². The number of carbonyl (C=O) groups excluding carboxylic acids is 1. The number of hydrogen-bond acceptors (Lipinski definition) is 2. The summed E-state index contributed by atoms with van der Waals surface area (Å²) in [7, 11) is -1.70. The van der Waals surface area contributed by atoms with Crippen molar-refractivity contribution in [2.75, 3.05) is 0 Å². The average Bonchev–Trinajstić information content (AvgIpc) is 2.49. The van der Waals surface area contributed by atoms with Crippen LogP contribution in [0.1, 0.15) is 97.8 Å². The van der Waals surface area contributed by atoms with Crippen LogP contribution in [0.25, 0.3) is 0 Å². The maximum Gasteiger partial charge on any atom is 0.292 e. The van der Waals surface area contributed by atoms with Gasteiger partial charge in [0.2, 0.25) is 8.32 Å².